The van der Waals surface area contributed by atoms with E-state index in [0.717, 1.165) is 32.5 Å². The summed E-state index contributed by atoms with van der Waals surface area (Å²) in [5.74, 6) is 0.513. The summed E-state index contributed by atoms with van der Waals surface area (Å²) in [6.07, 6.45) is 5.55. The zero-order chi connectivity index (χ0) is 14.2. The van der Waals surface area contributed by atoms with Crippen molar-refractivity contribution in [2.24, 2.45) is 17.1 Å². The van der Waals surface area contributed by atoms with Crippen molar-refractivity contribution in [3.8, 4) is 0 Å². The second-order valence-corrected chi connectivity index (χ2v) is 7.63. The molecule has 1 aliphatic heterocycles. The van der Waals surface area contributed by atoms with E-state index in [1.165, 1.54) is 11.4 Å². The third-order valence-electron chi connectivity index (χ3n) is 5.31. The van der Waals surface area contributed by atoms with Gasteiger partial charge in [0.2, 0.25) is 0 Å². The number of ether oxygens (including phenoxy) is 1. The number of aromatic nitrogens is 1. The van der Waals surface area contributed by atoms with Crippen LogP contribution < -0.4 is 11.1 Å². The minimum absolute atomic E-state index is 0.0618. The molecule has 0 spiro atoms. The fourth-order valence-electron chi connectivity index (χ4n) is 3.89. The Bertz CT molecular complexity index is 448. The molecule has 0 amide bonds. The Morgan fingerprint density at radius 3 is 3.15 bits per heavy atom. The highest BCUT2D eigenvalue weighted by Crippen LogP contribution is 2.56. The van der Waals surface area contributed by atoms with Gasteiger partial charge in [0, 0.05) is 54.6 Å². The predicted octanol–water partition coefficient (Wildman–Crippen LogP) is 1.81. The van der Waals surface area contributed by atoms with Crippen LogP contribution in [0.5, 0.6) is 0 Å². The number of hydrogen-bond acceptors (Lipinski definition) is 5. The molecule has 3 unspecified atom stereocenters. The lowest BCUT2D eigenvalue weighted by atomic mass is 9.46. The Balaban J connectivity index is 1.53. The van der Waals surface area contributed by atoms with E-state index in [1.54, 1.807) is 11.3 Å². The quantitative estimate of drug-likeness (QED) is 0.813. The van der Waals surface area contributed by atoms with Crippen LogP contribution in [0.4, 0.5) is 0 Å². The number of fused-ring (bicyclic) bond motifs is 1. The predicted molar refractivity (Wildman–Crippen MR) is 81.9 cm³/mol. The topological polar surface area (TPSA) is 60.2 Å². The first-order chi connectivity index (χ1) is 9.56. The fourth-order valence-corrected chi connectivity index (χ4v) is 4.51. The minimum atomic E-state index is -0.138. The van der Waals surface area contributed by atoms with E-state index in [9.17, 15) is 0 Å². The molecule has 3 N–H and O–H groups in total. The van der Waals surface area contributed by atoms with Crippen LogP contribution in [0.1, 0.15) is 31.7 Å². The van der Waals surface area contributed by atoms with Crippen LogP contribution in [-0.2, 0) is 11.2 Å². The maximum Gasteiger partial charge on any atom is 0.0937 e. The van der Waals surface area contributed by atoms with Gasteiger partial charge in [-0.3, -0.25) is 0 Å². The standard InChI is InChI=1S/C15H25N3OS/c1-14(2)13-11(4-3-8-19-13)15(14,16)10-17-6-5-12-18-7-9-20-12/h7,9,11,13,17H,3-6,8,10,16H2,1-2H3. The molecule has 0 radical (unpaired) electrons. The van der Waals surface area contributed by atoms with Crippen LogP contribution in [-0.4, -0.2) is 36.3 Å². The normalized spacial score (nSPS) is 35.4. The number of nitrogens with one attached hydrogen (secondary N) is 1. The van der Waals surface area contributed by atoms with Crippen molar-refractivity contribution in [2.45, 2.75) is 44.8 Å². The Hall–Kier alpha value is -0.490. The van der Waals surface area contributed by atoms with E-state index >= 15 is 0 Å². The molecule has 5 heteroatoms. The molecule has 3 atom stereocenters. The summed E-state index contributed by atoms with van der Waals surface area (Å²) in [6, 6.07) is 0. The fraction of sp³-hybridized carbons (Fsp3) is 0.800. The first-order valence-corrected chi connectivity index (χ1v) is 8.43. The summed E-state index contributed by atoms with van der Waals surface area (Å²) in [4.78, 5) is 4.31. The minimum Gasteiger partial charge on any atom is -0.377 e. The highest BCUT2D eigenvalue weighted by Gasteiger charge is 2.65. The second-order valence-electron chi connectivity index (χ2n) is 6.65. The van der Waals surface area contributed by atoms with Gasteiger partial charge in [-0.2, -0.15) is 0 Å². The molecule has 2 heterocycles. The molecule has 1 saturated heterocycles. The Morgan fingerprint density at radius 1 is 1.55 bits per heavy atom. The van der Waals surface area contributed by atoms with Crippen molar-refractivity contribution in [1.29, 1.82) is 0 Å². The number of hydrogen-bond donors (Lipinski definition) is 2. The maximum atomic E-state index is 6.74. The van der Waals surface area contributed by atoms with Crippen LogP contribution in [0.2, 0.25) is 0 Å². The zero-order valence-electron chi connectivity index (χ0n) is 12.4. The van der Waals surface area contributed by atoms with Crippen LogP contribution in [0.25, 0.3) is 0 Å². The summed E-state index contributed by atoms with van der Waals surface area (Å²) in [6.45, 7) is 7.22. The molecule has 1 aliphatic carbocycles. The van der Waals surface area contributed by atoms with Crippen molar-refractivity contribution in [2.75, 3.05) is 19.7 Å². The smallest absolute Gasteiger partial charge is 0.0937 e. The number of rotatable bonds is 5. The summed E-state index contributed by atoms with van der Waals surface area (Å²) < 4.78 is 5.94. The SMILES string of the molecule is CC1(C)C2OCCCC2C1(N)CNCCc1nccs1. The van der Waals surface area contributed by atoms with Gasteiger partial charge in [0.25, 0.3) is 0 Å². The van der Waals surface area contributed by atoms with Crippen molar-refractivity contribution in [3.63, 3.8) is 0 Å². The molecule has 3 rings (SSSR count). The third-order valence-corrected chi connectivity index (χ3v) is 6.15. The Morgan fingerprint density at radius 2 is 2.40 bits per heavy atom. The molecule has 2 aliphatic rings. The lowest BCUT2D eigenvalue weighted by Gasteiger charge is -2.66. The summed E-state index contributed by atoms with van der Waals surface area (Å²) in [5, 5.41) is 6.76. The van der Waals surface area contributed by atoms with E-state index in [-0.39, 0.29) is 11.0 Å². The van der Waals surface area contributed by atoms with Gasteiger partial charge in [-0.1, -0.05) is 13.8 Å². The van der Waals surface area contributed by atoms with Crippen LogP contribution in [0.3, 0.4) is 0 Å². The summed E-state index contributed by atoms with van der Waals surface area (Å²) >= 11 is 1.72. The Kier molecular flexibility index (Phi) is 3.88. The third kappa shape index (κ3) is 2.21. The number of nitrogens with two attached hydrogens (primary N) is 1. The highest BCUT2D eigenvalue weighted by atomic mass is 32.1. The molecule has 1 aromatic heterocycles. The molecule has 0 bridgehead atoms. The molecule has 2 fully saturated rings. The molecular weight excluding hydrogens is 270 g/mol. The van der Waals surface area contributed by atoms with Crippen LogP contribution >= 0.6 is 11.3 Å². The van der Waals surface area contributed by atoms with Gasteiger partial charge in [-0.15, -0.1) is 11.3 Å². The van der Waals surface area contributed by atoms with Crippen molar-refractivity contribution < 1.29 is 4.74 Å². The van der Waals surface area contributed by atoms with Gasteiger partial charge in [0.05, 0.1) is 11.1 Å². The molecule has 1 aromatic rings. The molecule has 0 aromatic carbocycles. The molecule has 112 valence electrons. The van der Waals surface area contributed by atoms with Crippen molar-refractivity contribution >= 4 is 11.3 Å². The van der Waals surface area contributed by atoms with E-state index in [2.05, 4.69) is 24.1 Å². The van der Waals surface area contributed by atoms with Crippen molar-refractivity contribution in [3.05, 3.63) is 16.6 Å². The first-order valence-electron chi connectivity index (χ1n) is 7.55. The molecule has 20 heavy (non-hydrogen) atoms. The number of nitrogens with zero attached hydrogens (tertiary/aromatic N) is 1. The van der Waals surface area contributed by atoms with Gasteiger partial charge in [-0.05, 0) is 12.8 Å². The maximum absolute atomic E-state index is 6.74. The van der Waals surface area contributed by atoms with Gasteiger partial charge in [0.15, 0.2) is 0 Å². The van der Waals surface area contributed by atoms with E-state index in [1.807, 2.05) is 11.6 Å². The Labute approximate surface area is 125 Å². The highest BCUT2D eigenvalue weighted by molar-refractivity contribution is 7.09. The van der Waals surface area contributed by atoms with Gasteiger partial charge in [0.1, 0.15) is 0 Å². The molecule has 1 saturated carbocycles. The summed E-state index contributed by atoms with van der Waals surface area (Å²) in [5.41, 5.74) is 6.66. The molecule has 4 nitrogen and oxygen atoms in total. The summed E-state index contributed by atoms with van der Waals surface area (Å²) in [7, 11) is 0. The first kappa shape index (κ1) is 14.4. The average Bonchev–Trinajstić information content (AvgIpc) is 2.96. The largest absolute Gasteiger partial charge is 0.377 e. The van der Waals surface area contributed by atoms with Crippen molar-refractivity contribution in [1.82, 2.24) is 10.3 Å². The lowest BCUT2D eigenvalue weighted by Crippen LogP contribution is -2.80. The lowest BCUT2D eigenvalue weighted by molar-refractivity contribution is -0.225. The van der Waals surface area contributed by atoms with Gasteiger partial charge < -0.3 is 15.8 Å². The zero-order valence-corrected chi connectivity index (χ0v) is 13.2. The molecular formula is C15H25N3OS. The monoisotopic (exact) mass is 295 g/mol. The van der Waals surface area contributed by atoms with Crippen LogP contribution in [0.15, 0.2) is 11.6 Å². The second kappa shape index (κ2) is 5.37. The average molecular weight is 295 g/mol. The van der Waals surface area contributed by atoms with E-state index in [0.29, 0.717) is 12.0 Å². The van der Waals surface area contributed by atoms with E-state index in [4.69, 9.17) is 10.5 Å². The van der Waals surface area contributed by atoms with Crippen LogP contribution in [0, 0.1) is 11.3 Å². The van der Waals surface area contributed by atoms with E-state index < -0.39 is 0 Å². The van der Waals surface area contributed by atoms with Gasteiger partial charge in [-0.25, -0.2) is 4.98 Å². The van der Waals surface area contributed by atoms with Gasteiger partial charge >= 0.3 is 0 Å². The number of thiazole rings is 1.